The Morgan fingerprint density at radius 2 is 0.891 bits per heavy atom. The number of hydrogen-bond donors (Lipinski definition) is 5. The van der Waals surface area contributed by atoms with E-state index in [2.05, 4.69) is 0 Å². The second-order valence-corrected chi connectivity index (χ2v) is 24.7. The third-order valence-electron chi connectivity index (χ3n) is 7.76. The molecule has 0 radical (unpaired) electrons. The van der Waals surface area contributed by atoms with Gasteiger partial charge in [-0.15, -0.1) is 0 Å². The van der Waals surface area contributed by atoms with Crippen LogP contribution in [0.4, 0.5) is 23.2 Å². The molecular formula is C30H56F2N4O15S4. The molecule has 6 N–H and O–H groups in total. The Bertz CT molecular complexity index is 1750. The number of aliphatic hydroxyl groups is 1. The lowest BCUT2D eigenvalue weighted by Crippen LogP contribution is -2.43. The lowest BCUT2D eigenvalue weighted by atomic mass is 10.2. The minimum atomic E-state index is -3.97. The predicted molar refractivity (Wildman–Crippen MR) is 196 cm³/mol. The number of primary sulfonamides is 1. The molecule has 0 aliphatic heterocycles. The molecular weight excluding hydrogens is 823 g/mol. The number of halogens is 2. The molecule has 4 fully saturated rings. The van der Waals surface area contributed by atoms with Gasteiger partial charge >= 0.3 is 18.3 Å². The van der Waals surface area contributed by atoms with Crippen molar-refractivity contribution in [1.82, 2.24) is 14.2 Å². The van der Waals surface area contributed by atoms with Gasteiger partial charge in [-0.3, -0.25) is 0 Å². The summed E-state index contributed by atoms with van der Waals surface area (Å²) in [7, 11) is -14.9. The number of rotatable bonds is 10. The molecule has 19 nitrogen and oxygen atoms in total. The van der Waals surface area contributed by atoms with Crippen LogP contribution in [-0.4, -0.2) is 113 Å². The molecule has 0 atom stereocenters. The van der Waals surface area contributed by atoms with Crippen LogP contribution in [0.5, 0.6) is 0 Å². The van der Waals surface area contributed by atoms with Crippen LogP contribution in [0.2, 0.25) is 0 Å². The first-order valence-electron chi connectivity index (χ1n) is 17.0. The van der Waals surface area contributed by atoms with E-state index < -0.39 is 115 Å². The van der Waals surface area contributed by atoms with Gasteiger partial charge in [0.1, 0.15) is 44.4 Å². The number of ether oxygens (including phenoxy) is 3. The molecule has 0 aromatic heterocycles. The van der Waals surface area contributed by atoms with Crippen molar-refractivity contribution in [3.8, 4) is 0 Å². The van der Waals surface area contributed by atoms with Crippen LogP contribution < -0.4 is 19.3 Å². The third kappa shape index (κ3) is 16.4. The number of hydrogen-bond acceptors (Lipinski definition) is 15. The van der Waals surface area contributed by atoms with Crippen molar-refractivity contribution in [1.29, 1.82) is 0 Å². The molecule has 4 rings (SSSR count). The largest absolute Gasteiger partial charge is 0.443 e. The molecule has 4 aliphatic carbocycles. The summed E-state index contributed by atoms with van der Waals surface area (Å²) in [6.07, 6.45) is 0.233. The summed E-state index contributed by atoms with van der Waals surface area (Å²) < 4.78 is 131. The molecule has 0 aromatic carbocycles. The van der Waals surface area contributed by atoms with Gasteiger partial charge in [0.2, 0.25) is 40.1 Å². The number of carbonyl (C=O) groups is 3. The van der Waals surface area contributed by atoms with Gasteiger partial charge in [0.15, 0.2) is 0 Å². The van der Waals surface area contributed by atoms with Crippen LogP contribution in [0.15, 0.2) is 0 Å². The van der Waals surface area contributed by atoms with Crippen molar-refractivity contribution in [2.75, 3.05) is 20.0 Å². The SMILES string of the molecule is CC(C)(C)OC(=O)NS(=O)(=O)C1(CF)CC1.CC(C)(C)OC(=O)NS(=O)(=O)C1(CO)CC1.CC(C)(C)OC(=O)NS(=O)(=O)C1CC1.NS(=O)(=O)C1(CF)CC1. The molecule has 3 amide bonds. The number of amides is 3. The van der Waals surface area contributed by atoms with Crippen molar-refractivity contribution in [3.63, 3.8) is 0 Å². The Morgan fingerprint density at radius 1 is 0.600 bits per heavy atom. The first-order valence-corrected chi connectivity index (χ1v) is 23.0. The van der Waals surface area contributed by atoms with Crippen molar-refractivity contribution in [2.45, 2.75) is 150 Å². The zero-order chi connectivity index (χ0) is 43.3. The summed E-state index contributed by atoms with van der Waals surface area (Å²) in [6, 6.07) is 0. The van der Waals surface area contributed by atoms with Crippen molar-refractivity contribution < 1.29 is 76.2 Å². The maximum Gasteiger partial charge on any atom is 0.421 e. The fraction of sp³-hybridized carbons (Fsp3) is 0.900. The van der Waals surface area contributed by atoms with E-state index in [1.807, 2.05) is 9.44 Å². The number of aliphatic hydroxyl groups excluding tert-OH is 1. The molecule has 55 heavy (non-hydrogen) atoms. The third-order valence-corrected chi connectivity index (χ3v) is 15.5. The summed E-state index contributed by atoms with van der Waals surface area (Å²) in [5.41, 5.74) is -2.22. The minimum absolute atomic E-state index is 0.238. The van der Waals surface area contributed by atoms with E-state index >= 15 is 0 Å². The highest BCUT2D eigenvalue weighted by Gasteiger charge is 2.57. The zero-order valence-electron chi connectivity index (χ0n) is 32.5. The van der Waals surface area contributed by atoms with Crippen LogP contribution >= 0.6 is 0 Å². The van der Waals surface area contributed by atoms with E-state index in [4.69, 9.17) is 24.5 Å². The van der Waals surface area contributed by atoms with Gasteiger partial charge in [-0.05, 0) is 114 Å². The number of sulfonamides is 4. The number of alkyl halides is 2. The van der Waals surface area contributed by atoms with Gasteiger partial charge in [0, 0.05) is 0 Å². The minimum Gasteiger partial charge on any atom is -0.443 e. The van der Waals surface area contributed by atoms with Crippen LogP contribution in [0.1, 0.15) is 114 Å². The van der Waals surface area contributed by atoms with Gasteiger partial charge in [-0.1, -0.05) is 0 Å². The Hall–Kier alpha value is -2.61. The zero-order valence-corrected chi connectivity index (χ0v) is 35.8. The van der Waals surface area contributed by atoms with E-state index in [0.29, 0.717) is 38.5 Å². The van der Waals surface area contributed by atoms with Gasteiger partial charge in [-0.2, -0.15) is 0 Å². The summed E-state index contributed by atoms with van der Waals surface area (Å²) in [5.74, 6) is 0. The van der Waals surface area contributed by atoms with E-state index in [9.17, 15) is 56.8 Å². The van der Waals surface area contributed by atoms with Crippen LogP contribution in [-0.2, 0) is 54.3 Å². The van der Waals surface area contributed by atoms with Gasteiger partial charge in [0.05, 0.1) is 11.9 Å². The van der Waals surface area contributed by atoms with Crippen LogP contribution in [0.3, 0.4) is 0 Å². The average molecular weight is 879 g/mol. The van der Waals surface area contributed by atoms with Gasteiger partial charge < -0.3 is 19.3 Å². The maximum absolute atomic E-state index is 12.5. The van der Waals surface area contributed by atoms with Gasteiger partial charge in [-0.25, -0.2) is 76.1 Å². The highest BCUT2D eigenvalue weighted by molar-refractivity contribution is 7.92. The molecule has 0 heterocycles. The highest BCUT2D eigenvalue weighted by Crippen LogP contribution is 2.44. The number of nitrogens with two attached hydrogens (primary N) is 1. The smallest absolute Gasteiger partial charge is 0.421 e. The maximum atomic E-state index is 12.5. The molecule has 0 bridgehead atoms. The Balaban J connectivity index is 0.000000373. The number of nitrogens with one attached hydrogen (secondary N) is 3. The molecule has 324 valence electrons. The topological polar surface area (TPSA) is 298 Å². The Morgan fingerprint density at radius 3 is 1.09 bits per heavy atom. The van der Waals surface area contributed by atoms with Crippen LogP contribution in [0.25, 0.3) is 0 Å². The summed E-state index contributed by atoms with van der Waals surface area (Å²) in [6.45, 7) is 12.5. The predicted octanol–water partition coefficient (Wildman–Crippen LogP) is 2.49. The standard InChI is InChI=1S/C9H16FNO4S.C9H17NO5S.C8H15NO4S.C4H8FNO2S/c1-8(2,3)15-7(12)11-16(13,14)9(6-10)4-5-9;1-8(2,3)15-7(12)10-16(13,14)9(6-11)4-5-9;1-8(2,3)13-7(10)9-14(11,12)6-4-5-6;5-3-4(1-2-4)9(6,7)8/h4-6H2,1-3H3,(H,11,12);11H,4-6H2,1-3H3,(H,10,12);6H,4-5H2,1-3H3,(H,9,10);1-3H2,(H2,6,7,8). The van der Waals surface area contributed by atoms with E-state index in [0.717, 1.165) is 0 Å². The van der Waals surface area contributed by atoms with Crippen molar-refractivity contribution >= 4 is 58.4 Å². The Kier molecular flexibility index (Phi) is 16.0. The molecule has 25 heteroatoms. The lowest BCUT2D eigenvalue weighted by Gasteiger charge is -2.21. The fourth-order valence-electron chi connectivity index (χ4n) is 3.81. The second kappa shape index (κ2) is 17.5. The molecule has 0 aromatic rings. The first kappa shape index (κ1) is 50.4. The highest BCUT2D eigenvalue weighted by atomic mass is 32.2. The summed E-state index contributed by atoms with van der Waals surface area (Å²) >= 11 is 0. The van der Waals surface area contributed by atoms with Crippen molar-refractivity contribution in [3.05, 3.63) is 0 Å². The summed E-state index contributed by atoms with van der Waals surface area (Å²) in [4.78, 5) is 33.6. The van der Waals surface area contributed by atoms with E-state index in [-0.39, 0.29) is 12.8 Å². The monoisotopic (exact) mass is 878 g/mol. The van der Waals surface area contributed by atoms with Gasteiger partial charge in [0.25, 0.3) is 0 Å². The molecule has 0 saturated heterocycles. The molecule has 4 aliphatic rings. The van der Waals surface area contributed by atoms with E-state index in [1.165, 1.54) is 0 Å². The Labute approximate surface area is 322 Å². The quantitative estimate of drug-likeness (QED) is 0.197. The van der Waals surface area contributed by atoms with Crippen LogP contribution in [0, 0.1) is 0 Å². The van der Waals surface area contributed by atoms with Crippen molar-refractivity contribution in [2.24, 2.45) is 5.14 Å². The average Bonchev–Trinajstić information content (AvgIpc) is 3.80. The second-order valence-electron chi connectivity index (χ2n) is 16.6. The normalized spacial score (nSPS) is 19.4. The fourth-order valence-corrected chi connectivity index (χ4v) is 8.38. The molecule has 0 unspecified atom stereocenters. The number of carbonyl (C=O) groups excluding carboxylic acids is 3. The molecule has 0 spiro atoms. The lowest BCUT2D eigenvalue weighted by molar-refractivity contribution is 0.0556. The summed E-state index contributed by atoms with van der Waals surface area (Å²) in [5, 5.41) is 13.3. The van der Waals surface area contributed by atoms with E-state index in [1.54, 1.807) is 67.0 Å². The molecule has 4 saturated carbocycles. The first-order chi connectivity index (χ1) is 24.5.